The van der Waals surface area contributed by atoms with Crippen LogP contribution >= 0.6 is 24.2 Å². The van der Waals surface area contributed by atoms with Crippen LogP contribution in [-0.4, -0.2) is 32.6 Å². The first-order valence-corrected chi connectivity index (χ1v) is 9.40. The highest BCUT2D eigenvalue weighted by Crippen LogP contribution is 2.37. The Morgan fingerprint density at radius 3 is 2.72 bits per heavy atom. The average molecular weight is 381 g/mol. The lowest BCUT2D eigenvalue weighted by atomic mass is 9.99. The molecule has 1 aliphatic carbocycles. The highest BCUT2D eigenvalue weighted by Gasteiger charge is 2.39. The van der Waals surface area contributed by atoms with Crippen LogP contribution in [0.25, 0.3) is 0 Å². The van der Waals surface area contributed by atoms with Gasteiger partial charge in [-0.25, -0.2) is 0 Å². The quantitative estimate of drug-likeness (QED) is 0.880. The van der Waals surface area contributed by atoms with Crippen LogP contribution in [0.2, 0.25) is 0 Å². The van der Waals surface area contributed by atoms with Crippen molar-refractivity contribution in [2.45, 2.75) is 37.3 Å². The molecule has 25 heavy (non-hydrogen) atoms. The lowest BCUT2D eigenvalue weighted by Crippen LogP contribution is -2.35. The lowest BCUT2D eigenvalue weighted by Gasteiger charge is -2.21. The van der Waals surface area contributed by atoms with E-state index in [0.29, 0.717) is 23.2 Å². The minimum absolute atomic E-state index is 0. The number of benzene rings is 1. The van der Waals surface area contributed by atoms with Crippen LogP contribution in [0.4, 0.5) is 0 Å². The molecule has 8 heteroatoms. The highest BCUT2D eigenvalue weighted by atomic mass is 35.5. The second-order valence-corrected chi connectivity index (χ2v) is 7.48. The third-order valence-electron chi connectivity index (χ3n) is 4.83. The highest BCUT2D eigenvalue weighted by molar-refractivity contribution is 7.99. The predicted molar refractivity (Wildman–Crippen MR) is 98.6 cm³/mol. The van der Waals surface area contributed by atoms with Crippen LogP contribution in [0.5, 0.6) is 0 Å². The standard InChI is InChI=1S/C17H20N4O2S.ClH/c18-17(8-4-5-9-17)16-19-14(23-20-16)13-10-24-11-21(13)15(22)12-6-2-1-3-7-12;/h1-3,6-7,13H,4-5,8-11,18H2;1H. The minimum atomic E-state index is -0.470. The van der Waals surface area contributed by atoms with Crippen molar-refractivity contribution >= 4 is 30.1 Å². The largest absolute Gasteiger partial charge is 0.337 e. The molecule has 1 atom stereocenters. The van der Waals surface area contributed by atoms with Gasteiger partial charge in [0.1, 0.15) is 6.04 Å². The first-order valence-electron chi connectivity index (χ1n) is 8.24. The average Bonchev–Trinajstić information content (AvgIpc) is 3.34. The predicted octanol–water partition coefficient (Wildman–Crippen LogP) is 3.11. The molecule has 4 rings (SSSR count). The van der Waals surface area contributed by atoms with Gasteiger partial charge < -0.3 is 15.2 Å². The fourth-order valence-corrected chi connectivity index (χ4v) is 4.54. The van der Waals surface area contributed by atoms with E-state index in [2.05, 4.69) is 10.1 Å². The smallest absolute Gasteiger partial charge is 0.255 e. The van der Waals surface area contributed by atoms with Crippen LogP contribution < -0.4 is 5.73 Å². The summed E-state index contributed by atoms with van der Waals surface area (Å²) in [4.78, 5) is 19.1. The van der Waals surface area contributed by atoms with E-state index in [0.717, 1.165) is 31.4 Å². The van der Waals surface area contributed by atoms with Gasteiger partial charge in [-0.05, 0) is 25.0 Å². The summed E-state index contributed by atoms with van der Waals surface area (Å²) in [6.45, 7) is 0. The summed E-state index contributed by atoms with van der Waals surface area (Å²) in [6, 6.07) is 9.11. The maximum absolute atomic E-state index is 12.8. The molecular formula is C17H21ClN4O2S. The molecule has 0 bridgehead atoms. The fourth-order valence-electron chi connectivity index (χ4n) is 3.40. The van der Waals surface area contributed by atoms with Crippen molar-refractivity contribution in [1.29, 1.82) is 0 Å². The number of carbonyl (C=O) groups is 1. The van der Waals surface area contributed by atoms with E-state index < -0.39 is 5.54 Å². The van der Waals surface area contributed by atoms with E-state index in [1.54, 1.807) is 16.7 Å². The van der Waals surface area contributed by atoms with Crippen molar-refractivity contribution < 1.29 is 9.32 Å². The van der Waals surface area contributed by atoms with Gasteiger partial charge in [-0.1, -0.05) is 36.2 Å². The first-order chi connectivity index (χ1) is 11.7. The Hall–Kier alpha value is -1.57. The van der Waals surface area contributed by atoms with Crippen molar-refractivity contribution in [2.24, 2.45) is 5.73 Å². The Kier molecular flexibility index (Phi) is 5.36. The molecule has 2 fully saturated rings. The Bertz CT molecular complexity index is 733. The number of nitrogens with two attached hydrogens (primary N) is 1. The Labute approximate surface area is 156 Å². The minimum Gasteiger partial charge on any atom is -0.337 e. The number of thioether (sulfide) groups is 1. The van der Waals surface area contributed by atoms with E-state index in [1.807, 2.05) is 30.3 Å². The van der Waals surface area contributed by atoms with E-state index >= 15 is 0 Å². The van der Waals surface area contributed by atoms with Crippen LogP contribution in [0.1, 0.15) is 53.8 Å². The number of hydrogen-bond donors (Lipinski definition) is 1. The SMILES string of the molecule is Cl.NC1(c2noc(C3CSCN3C(=O)c3ccccc3)n2)CCCC1. The Morgan fingerprint density at radius 2 is 2.00 bits per heavy atom. The van der Waals surface area contributed by atoms with E-state index in [-0.39, 0.29) is 24.4 Å². The summed E-state index contributed by atoms with van der Waals surface area (Å²) < 4.78 is 5.49. The summed E-state index contributed by atoms with van der Waals surface area (Å²) in [5, 5.41) is 4.12. The molecule has 1 saturated carbocycles. The molecule has 134 valence electrons. The summed E-state index contributed by atoms with van der Waals surface area (Å²) in [5.41, 5.74) is 6.61. The third-order valence-corrected chi connectivity index (χ3v) is 5.84. The fraction of sp³-hybridized carbons (Fsp3) is 0.471. The first kappa shape index (κ1) is 18.2. The molecule has 1 unspecified atom stereocenters. The molecule has 1 aliphatic heterocycles. The summed E-state index contributed by atoms with van der Waals surface area (Å²) in [7, 11) is 0. The van der Waals surface area contributed by atoms with E-state index in [1.165, 1.54) is 0 Å². The molecule has 1 amide bonds. The molecule has 0 radical (unpaired) electrons. The van der Waals surface area contributed by atoms with Gasteiger partial charge in [0, 0.05) is 11.3 Å². The topological polar surface area (TPSA) is 85.2 Å². The van der Waals surface area contributed by atoms with Gasteiger partial charge >= 0.3 is 0 Å². The van der Waals surface area contributed by atoms with Crippen LogP contribution in [0, 0.1) is 0 Å². The van der Waals surface area contributed by atoms with Gasteiger partial charge in [-0.2, -0.15) is 4.98 Å². The second kappa shape index (κ2) is 7.35. The zero-order valence-electron chi connectivity index (χ0n) is 13.8. The van der Waals surface area contributed by atoms with Crippen LogP contribution in [-0.2, 0) is 5.54 Å². The number of amides is 1. The molecule has 2 aromatic rings. The van der Waals surface area contributed by atoms with Crippen molar-refractivity contribution in [1.82, 2.24) is 15.0 Å². The molecule has 2 N–H and O–H groups in total. The van der Waals surface area contributed by atoms with Gasteiger partial charge in [-0.3, -0.25) is 4.79 Å². The number of nitrogens with zero attached hydrogens (tertiary/aromatic N) is 3. The molecule has 1 saturated heterocycles. The van der Waals surface area contributed by atoms with Crippen molar-refractivity contribution in [2.75, 3.05) is 11.6 Å². The molecule has 6 nitrogen and oxygen atoms in total. The van der Waals surface area contributed by atoms with E-state index in [4.69, 9.17) is 10.3 Å². The van der Waals surface area contributed by atoms with Crippen LogP contribution in [0.3, 0.4) is 0 Å². The molecule has 1 aromatic carbocycles. The Balaban J connectivity index is 0.00000182. The maximum atomic E-state index is 12.8. The Morgan fingerprint density at radius 1 is 1.28 bits per heavy atom. The lowest BCUT2D eigenvalue weighted by molar-refractivity contribution is 0.0722. The molecular weight excluding hydrogens is 360 g/mol. The monoisotopic (exact) mass is 380 g/mol. The van der Waals surface area contributed by atoms with Crippen molar-refractivity contribution in [3.63, 3.8) is 0 Å². The summed E-state index contributed by atoms with van der Waals surface area (Å²) >= 11 is 1.69. The zero-order valence-corrected chi connectivity index (χ0v) is 15.4. The molecule has 2 heterocycles. The normalized spacial score (nSPS) is 22.0. The number of rotatable bonds is 3. The molecule has 2 aliphatic rings. The van der Waals surface area contributed by atoms with Gasteiger partial charge in [0.2, 0.25) is 5.89 Å². The summed E-state index contributed by atoms with van der Waals surface area (Å²) in [6.07, 6.45) is 3.96. The zero-order chi connectivity index (χ0) is 16.6. The number of hydrogen-bond acceptors (Lipinski definition) is 6. The van der Waals surface area contributed by atoms with Crippen molar-refractivity contribution in [3.8, 4) is 0 Å². The molecule has 0 spiro atoms. The maximum Gasteiger partial charge on any atom is 0.255 e. The van der Waals surface area contributed by atoms with Gasteiger partial charge in [0.05, 0.1) is 11.4 Å². The number of carbonyl (C=O) groups excluding carboxylic acids is 1. The van der Waals surface area contributed by atoms with Crippen molar-refractivity contribution in [3.05, 3.63) is 47.6 Å². The third kappa shape index (κ3) is 3.41. The van der Waals surface area contributed by atoms with Gasteiger partial charge in [0.25, 0.3) is 5.91 Å². The number of halogens is 1. The van der Waals surface area contributed by atoms with E-state index in [9.17, 15) is 4.79 Å². The second-order valence-electron chi connectivity index (χ2n) is 6.48. The van der Waals surface area contributed by atoms with Crippen LogP contribution in [0.15, 0.2) is 34.9 Å². The molecule has 1 aromatic heterocycles. The van der Waals surface area contributed by atoms with Gasteiger partial charge in [-0.15, -0.1) is 24.2 Å². The summed E-state index contributed by atoms with van der Waals surface area (Å²) in [5.74, 6) is 2.46. The van der Waals surface area contributed by atoms with Gasteiger partial charge in [0.15, 0.2) is 5.82 Å². The number of aromatic nitrogens is 2.